The molecule has 3 rings (SSSR count). The van der Waals surface area contributed by atoms with E-state index in [-0.39, 0.29) is 17.1 Å². The van der Waals surface area contributed by atoms with Gasteiger partial charge in [-0.25, -0.2) is 4.39 Å². The number of benzene rings is 1. The van der Waals surface area contributed by atoms with Crippen LogP contribution >= 0.6 is 11.6 Å². The first-order valence-corrected chi connectivity index (χ1v) is 9.70. The van der Waals surface area contributed by atoms with Crippen molar-refractivity contribution in [2.75, 3.05) is 18.0 Å². The number of allylic oxidation sites excluding steroid dienone is 1. The quantitative estimate of drug-likeness (QED) is 0.463. The average Bonchev–Trinajstić information content (AvgIpc) is 3.19. The van der Waals surface area contributed by atoms with Crippen LogP contribution in [0.1, 0.15) is 43.8 Å². The second-order valence-corrected chi connectivity index (χ2v) is 7.11. The minimum atomic E-state index is -0.326. The maximum absolute atomic E-state index is 13.1. The Morgan fingerprint density at radius 2 is 2.18 bits per heavy atom. The van der Waals surface area contributed by atoms with Gasteiger partial charge >= 0.3 is 0 Å². The summed E-state index contributed by atoms with van der Waals surface area (Å²) in [5, 5.41) is 3.86. The summed E-state index contributed by atoms with van der Waals surface area (Å²) in [6.07, 6.45) is 6.71. The van der Waals surface area contributed by atoms with E-state index in [9.17, 15) is 9.18 Å². The van der Waals surface area contributed by atoms with E-state index < -0.39 is 0 Å². The number of aromatic nitrogens is 2. The first-order chi connectivity index (χ1) is 13.6. The highest BCUT2D eigenvalue weighted by molar-refractivity contribution is 6.30. The summed E-state index contributed by atoms with van der Waals surface area (Å²) in [6.45, 7) is 3.08. The molecule has 6 nitrogen and oxygen atoms in total. The van der Waals surface area contributed by atoms with Gasteiger partial charge in [0.2, 0.25) is 6.41 Å². The summed E-state index contributed by atoms with van der Waals surface area (Å²) in [5.41, 5.74) is 1.51. The number of halogens is 2. The minimum Gasteiger partial charge on any atom is -0.334 e. The normalized spacial score (nSPS) is 17.2. The van der Waals surface area contributed by atoms with Gasteiger partial charge in [-0.1, -0.05) is 18.2 Å². The molecular weight excluding hydrogens is 383 g/mol. The average molecular weight is 405 g/mol. The zero-order valence-corrected chi connectivity index (χ0v) is 16.3. The molecule has 0 spiro atoms. The van der Waals surface area contributed by atoms with Crippen molar-refractivity contribution >= 4 is 35.5 Å². The fraction of sp³-hybridized carbons (Fsp3) is 0.400. The molecule has 28 heavy (non-hydrogen) atoms. The predicted molar refractivity (Wildman–Crippen MR) is 107 cm³/mol. The summed E-state index contributed by atoms with van der Waals surface area (Å²) in [4.78, 5) is 21.7. The summed E-state index contributed by atoms with van der Waals surface area (Å²) in [7, 11) is 0. The molecule has 2 atom stereocenters. The van der Waals surface area contributed by atoms with Crippen molar-refractivity contribution in [2.24, 2.45) is 4.99 Å². The number of hydrogen-bond donors (Lipinski definition) is 0. The maximum Gasteiger partial charge on any atom is 0.255 e. The van der Waals surface area contributed by atoms with Crippen molar-refractivity contribution in [1.29, 1.82) is 0 Å². The Morgan fingerprint density at radius 3 is 2.86 bits per heavy atom. The molecule has 0 aliphatic carbocycles. The second-order valence-electron chi connectivity index (χ2n) is 6.61. The first kappa shape index (κ1) is 20.2. The molecule has 0 saturated heterocycles. The second kappa shape index (κ2) is 9.59. The van der Waals surface area contributed by atoms with Crippen LogP contribution in [0.3, 0.4) is 0 Å². The summed E-state index contributed by atoms with van der Waals surface area (Å²) < 4.78 is 18.5. The molecule has 1 aliphatic rings. The van der Waals surface area contributed by atoms with Crippen LogP contribution in [0, 0.1) is 5.82 Å². The molecule has 0 saturated carbocycles. The van der Waals surface area contributed by atoms with E-state index in [1.54, 1.807) is 23.2 Å². The Bertz CT molecular complexity index is 850. The summed E-state index contributed by atoms with van der Waals surface area (Å²) in [5.74, 6) is 0.904. The molecule has 0 bridgehead atoms. The van der Waals surface area contributed by atoms with Gasteiger partial charge in [-0.05, 0) is 43.5 Å². The molecule has 148 valence electrons. The zero-order chi connectivity index (χ0) is 19.9. The number of aliphatic imine (C=N–C) groups is 1. The fourth-order valence-electron chi connectivity index (χ4n) is 3.11. The lowest BCUT2D eigenvalue weighted by Gasteiger charge is -2.18. The SMILES string of the molecule is CCC(CCCN(C=O)c1ccc(F)cc1)c1noc(C2=CC(Cl)C=NC2)n1. The summed E-state index contributed by atoms with van der Waals surface area (Å²) >= 11 is 6.06. The van der Waals surface area contributed by atoms with Crippen molar-refractivity contribution in [3.8, 4) is 0 Å². The highest BCUT2D eigenvalue weighted by Crippen LogP contribution is 2.26. The molecule has 0 fully saturated rings. The van der Waals surface area contributed by atoms with Crippen molar-refractivity contribution in [3.63, 3.8) is 0 Å². The number of carbonyl (C=O) groups excluding carboxylic acids is 1. The van der Waals surface area contributed by atoms with E-state index in [1.807, 2.05) is 6.08 Å². The number of carbonyl (C=O) groups is 1. The van der Waals surface area contributed by atoms with E-state index in [1.165, 1.54) is 12.1 Å². The predicted octanol–water partition coefficient (Wildman–Crippen LogP) is 4.22. The molecule has 2 aromatic rings. The largest absolute Gasteiger partial charge is 0.334 e. The van der Waals surface area contributed by atoms with Gasteiger partial charge in [-0.2, -0.15) is 4.98 Å². The number of rotatable bonds is 9. The van der Waals surface area contributed by atoms with Crippen LogP contribution in [0.25, 0.3) is 5.57 Å². The van der Waals surface area contributed by atoms with Gasteiger partial charge in [0.15, 0.2) is 5.82 Å². The van der Waals surface area contributed by atoms with Gasteiger partial charge in [0.05, 0.1) is 11.9 Å². The van der Waals surface area contributed by atoms with Crippen LogP contribution in [0.15, 0.2) is 39.9 Å². The minimum absolute atomic E-state index is 0.124. The third-order valence-corrected chi connectivity index (χ3v) is 4.92. The number of hydrogen-bond acceptors (Lipinski definition) is 5. The van der Waals surface area contributed by atoms with E-state index in [0.29, 0.717) is 30.5 Å². The van der Waals surface area contributed by atoms with Crippen molar-refractivity contribution < 1.29 is 13.7 Å². The number of dihydropyridines is 1. The van der Waals surface area contributed by atoms with Gasteiger partial charge < -0.3 is 9.42 Å². The molecule has 1 aromatic heterocycles. The molecule has 0 radical (unpaired) electrons. The lowest BCUT2D eigenvalue weighted by molar-refractivity contribution is -0.107. The van der Waals surface area contributed by atoms with Gasteiger partial charge in [-0.15, -0.1) is 11.6 Å². The van der Waals surface area contributed by atoms with Crippen LogP contribution in [-0.4, -0.2) is 41.2 Å². The van der Waals surface area contributed by atoms with Crippen LogP contribution in [0.5, 0.6) is 0 Å². The van der Waals surface area contributed by atoms with Gasteiger partial charge in [-0.3, -0.25) is 9.79 Å². The highest BCUT2D eigenvalue weighted by Gasteiger charge is 2.20. The maximum atomic E-state index is 13.1. The zero-order valence-electron chi connectivity index (χ0n) is 15.6. The summed E-state index contributed by atoms with van der Waals surface area (Å²) in [6, 6.07) is 5.88. The van der Waals surface area contributed by atoms with Crippen LogP contribution in [0.4, 0.5) is 10.1 Å². The topological polar surface area (TPSA) is 71.6 Å². The number of anilines is 1. The first-order valence-electron chi connectivity index (χ1n) is 9.27. The van der Waals surface area contributed by atoms with E-state index in [2.05, 4.69) is 22.1 Å². The van der Waals surface area contributed by atoms with E-state index in [4.69, 9.17) is 16.1 Å². The van der Waals surface area contributed by atoms with Gasteiger partial charge in [0.1, 0.15) is 5.82 Å². The van der Waals surface area contributed by atoms with Gasteiger partial charge in [0.25, 0.3) is 5.89 Å². The molecule has 1 aromatic carbocycles. The number of alkyl halides is 1. The van der Waals surface area contributed by atoms with Crippen molar-refractivity contribution in [2.45, 2.75) is 37.5 Å². The van der Waals surface area contributed by atoms with Crippen LogP contribution in [-0.2, 0) is 4.79 Å². The Hall–Kier alpha value is -2.54. The Labute approximate surface area is 168 Å². The van der Waals surface area contributed by atoms with E-state index >= 15 is 0 Å². The molecular formula is C20H22ClFN4O2. The third-order valence-electron chi connectivity index (χ3n) is 4.68. The molecule has 8 heteroatoms. The monoisotopic (exact) mass is 404 g/mol. The van der Waals surface area contributed by atoms with Crippen LogP contribution < -0.4 is 4.90 Å². The lowest BCUT2D eigenvalue weighted by Crippen LogP contribution is -2.22. The number of amides is 1. The molecule has 1 amide bonds. The fourth-order valence-corrected chi connectivity index (χ4v) is 3.34. The molecule has 2 unspecified atom stereocenters. The molecule has 2 heterocycles. The standard InChI is InChI=1S/C20H22ClFN4O2/c1-2-14(4-3-9-26(13-27)18-7-5-17(22)6-8-18)19-24-20(28-25-19)15-10-16(21)12-23-11-15/h5-8,10,12-14,16H,2-4,9,11H2,1H3. The lowest BCUT2D eigenvalue weighted by atomic mass is 9.99. The van der Waals surface area contributed by atoms with Crippen molar-refractivity contribution in [1.82, 2.24) is 10.1 Å². The van der Waals surface area contributed by atoms with E-state index in [0.717, 1.165) is 31.2 Å². The number of nitrogens with zero attached hydrogens (tertiary/aromatic N) is 4. The molecule has 0 N–H and O–H groups in total. The third kappa shape index (κ3) is 5.04. The Balaban J connectivity index is 1.58. The highest BCUT2D eigenvalue weighted by atomic mass is 35.5. The smallest absolute Gasteiger partial charge is 0.255 e. The van der Waals surface area contributed by atoms with Gasteiger partial charge in [0, 0.05) is 29.9 Å². The molecule has 1 aliphatic heterocycles. The Morgan fingerprint density at radius 1 is 1.39 bits per heavy atom. The van der Waals surface area contributed by atoms with Crippen molar-refractivity contribution in [3.05, 3.63) is 47.9 Å². The Kier molecular flexibility index (Phi) is 6.92. The van der Waals surface area contributed by atoms with Crippen LogP contribution in [0.2, 0.25) is 0 Å².